The van der Waals surface area contributed by atoms with Gasteiger partial charge in [0.05, 0.1) is 9.40 Å². The number of nitro groups is 1. The monoisotopic (exact) mass is 339 g/mol. The highest BCUT2D eigenvalue weighted by Crippen LogP contribution is 2.28. The molecule has 20 heavy (non-hydrogen) atoms. The van der Waals surface area contributed by atoms with E-state index in [9.17, 15) is 14.5 Å². The molecule has 0 saturated carbocycles. The van der Waals surface area contributed by atoms with Gasteiger partial charge in [0.25, 0.3) is 0 Å². The molecule has 0 saturated heterocycles. The van der Waals surface area contributed by atoms with Crippen LogP contribution in [0.15, 0.2) is 40.9 Å². The number of nitrogens with zero attached hydrogens (tertiary/aromatic N) is 1. The van der Waals surface area contributed by atoms with E-state index in [2.05, 4.69) is 15.9 Å². The number of hydrogen-bond acceptors (Lipinski definition) is 3. The molecule has 2 aromatic carbocycles. The van der Waals surface area contributed by atoms with E-state index >= 15 is 0 Å². The molecule has 0 bridgehead atoms. The van der Waals surface area contributed by atoms with Gasteiger partial charge in [-0.2, -0.15) is 0 Å². The van der Waals surface area contributed by atoms with Gasteiger partial charge in [0.1, 0.15) is 12.4 Å². The molecular formula is C14H11BrFNO3. The lowest BCUT2D eigenvalue weighted by Crippen LogP contribution is -2.00. The van der Waals surface area contributed by atoms with Crippen LogP contribution in [-0.4, -0.2) is 4.92 Å². The molecule has 0 aliphatic carbocycles. The molecule has 6 heteroatoms. The summed E-state index contributed by atoms with van der Waals surface area (Å²) >= 11 is 3.08. The number of halogens is 2. The molecule has 2 aromatic rings. The van der Waals surface area contributed by atoms with Crippen molar-refractivity contribution in [1.29, 1.82) is 0 Å². The molecule has 0 unspecified atom stereocenters. The van der Waals surface area contributed by atoms with Crippen LogP contribution < -0.4 is 4.74 Å². The second-order valence-electron chi connectivity index (χ2n) is 4.27. The topological polar surface area (TPSA) is 52.4 Å². The fraction of sp³-hybridized carbons (Fsp3) is 0.143. The quantitative estimate of drug-likeness (QED) is 0.613. The summed E-state index contributed by atoms with van der Waals surface area (Å²) in [5.74, 6) is -0.161. The molecule has 0 atom stereocenters. The van der Waals surface area contributed by atoms with Crippen molar-refractivity contribution in [3.8, 4) is 5.75 Å². The van der Waals surface area contributed by atoms with Gasteiger partial charge in [-0.25, -0.2) is 4.39 Å². The van der Waals surface area contributed by atoms with Crippen molar-refractivity contribution in [3.05, 3.63) is 67.9 Å². The Bertz CT molecular complexity index is 661. The summed E-state index contributed by atoms with van der Waals surface area (Å²) in [7, 11) is 0. The Morgan fingerprint density at radius 2 is 2.05 bits per heavy atom. The second-order valence-corrected chi connectivity index (χ2v) is 5.12. The van der Waals surface area contributed by atoms with Crippen LogP contribution in [0.1, 0.15) is 11.1 Å². The molecule has 4 nitrogen and oxygen atoms in total. The van der Waals surface area contributed by atoms with Crippen molar-refractivity contribution in [1.82, 2.24) is 0 Å². The molecule has 0 aliphatic rings. The second kappa shape index (κ2) is 6.00. The Morgan fingerprint density at radius 1 is 1.30 bits per heavy atom. The van der Waals surface area contributed by atoms with E-state index in [0.717, 1.165) is 5.56 Å². The Kier molecular flexibility index (Phi) is 4.34. The molecule has 0 N–H and O–H groups in total. The van der Waals surface area contributed by atoms with Crippen LogP contribution >= 0.6 is 15.9 Å². The predicted molar refractivity (Wildman–Crippen MR) is 76.3 cm³/mol. The van der Waals surface area contributed by atoms with Gasteiger partial charge in [-0.1, -0.05) is 12.1 Å². The largest absolute Gasteiger partial charge is 0.482 e. The Labute approximate surface area is 123 Å². The van der Waals surface area contributed by atoms with Gasteiger partial charge in [0, 0.05) is 6.07 Å². The number of aryl methyl sites for hydroxylation is 1. The molecule has 104 valence electrons. The van der Waals surface area contributed by atoms with Crippen LogP contribution in [-0.2, 0) is 6.61 Å². The molecule has 0 spiro atoms. The van der Waals surface area contributed by atoms with E-state index in [1.54, 1.807) is 24.3 Å². The zero-order valence-electron chi connectivity index (χ0n) is 10.6. The minimum absolute atomic E-state index is 0.0863. The highest BCUT2D eigenvalue weighted by molar-refractivity contribution is 9.10. The summed E-state index contributed by atoms with van der Waals surface area (Å²) in [6.45, 7) is 1.95. The van der Waals surface area contributed by atoms with Gasteiger partial charge >= 0.3 is 5.69 Å². The number of rotatable bonds is 4. The minimum atomic E-state index is -0.491. The molecular weight excluding hydrogens is 329 g/mol. The lowest BCUT2D eigenvalue weighted by molar-refractivity contribution is -0.386. The predicted octanol–water partition coefficient (Wildman–Crippen LogP) is 4.38. The Hall–Kier alpha value is -1.95. The number of ether oxygens (including phenoxy) is 1. The molecule has 0 radical (unpaired) electrons. The first-order valence-corrected chi connectivity index (χ1v) is 6.58. The lowest BCUT2D eigenvalue weighted by Gasteiger charge is -2.08. The Balaban J connectivity index is 2.20. The maximum Gasteiger partial charge on any atom is 0.310 e. The van der Waals surface area contributed by atoms with E-state index in [1.165, 1.54) is 12.1 Å². The smallest absolute Gasteiger partial charge is 0.310 e. The van der Waals surface area contributed by atoms with Gasteiger partial charge in [-0.05, 0) is 52.2 Å². The average Bonchev–Trinajstić information content (AvgIpc) is 2.40. The van der Waals surface area contributed by atoms with Crippen LogP contribution in [0.2, 0.25) is 0 Å². The van der Waals surface area contributed by atoms with Crippen LogP contribution in [0.3, 0.4) is 0 Å². The van der Waals surface area contributed by atoms with E-state index in [0.29, 0.717) is 10.0 Å². The van der Waals surface area contributed by atoms with Crippen LogP contribution in [0, 0.1) is 22.9 Å². The van der Waals surface area contributed by atoms with Crippen molar-refractivity contribution < 1.29 is 14.1 Å². The van der Waals surface area contributed by atoms with Crippen molar-refractivity contribution in [2.24, 2.45) is 0 Å². The van der Waals surface area contributed by atoms with E-state index < -0.39 is 4.92 Å². The maximum absolute atomic E-state index is 13.1. The minimum Gasteiger partial charge on any atom is -0.482 e. The molecule has 0 heterocycles. The number of benzene rings is 2. The molecule has 0 amide bonds. The summed E-state index contributed by atoms with van der Waals surface area (Å²) in [5.41, 5.74) is 1.50. The van der Waals surface area contributed by atoms with Crippen LogP contribution in [0.25, 0.3) is 0 Å². The van der Waals surface area contributed by atoms with E-state index in [-0.39, 0.29) is 23.9 Å². The first-order valence-electron chi connectivity index (χ1n) is 5.79. The molecule has 0 aromatic heterocycles. The summed E-state index contributed by atoms with van der Waals surface area (Å²) < 4.78 is 18.9. The third-order valence-electron chi connectivity index (χ3n) is 2.69. The summed E-state index contributed by atoms with van der Waals surface area (Å²) in [5, 5.41) is 10.9. The fourth-order valence-corrected chi connectivity index (χ4v) is 2.10. The van der Waals surface area contributed by atoms with Crippen molar-refractivity contribution in [2.45, 2.75) is 13.5 Å². The first kappa shape index (κ1) is 14.5. The van der Waals surface area contributed by atoms with Gasteiger partial charge in [-0.15, -0.1) is 0 Å². The molecule has 2 rings (SSSR count). The average molecular weight is 340 g/mol. The zero-order chi connectivity index (χ0) is 14.7. The maximum atomic E-state index is 13.1. The highest BCUT2D eigenvalue weighted by Gasteiger charge is 2.15. The highest BCUT2D eigenvalue weighted by atomic mass is 79.9. The van der Waals surface area contributed by atoms with Gasteiger partial charge in [-0.3, -0.25) is 10.1 Å². The fourth-order valence-electron chi connectivity index (χ4n) is 1.68. The number of hydrogen-bond donors (Lipinski definition) is 0. The normalized spacial score (nSPS) is 10.3. The summed E-state index contributed by atoms with van der Waals surface area (Å²) in [6, 6.07) is 9.13. The standard InChI is InChI=1S/C14H11BrFNO3/c1-9-2-5-13(17(18)19)14(6-9)20-8-10-3-4-12(16)11(15)7-10/h2-7H,8H2,1H3. The first-order chi connectivity index (χ1) is 9.47. The zero-order valence-corrected chi connectivity index (χ0v) is 12.2. The van der Waals surface area contributed by atoms with Gasteiger partial charge in [0.2, 0.25) is 0 Å². The van der Waals surface area contributed by atoms with E-state index in [4.69, 9.17) is 4.74 Å². The SMILES string of the molecule is Cc1ccc([N+](=O)[O-])c(OCc2ccc(F)c(Br)c2)c1. The van der Waals surface area contributed by atoms with Gasteiger partial charge < -0.3 is 4.74 Å². The lowest BCUT2D eigenvalue weighted by atomic mass is 10.2. The summed E-state index contributed by atoms with van der Waals surface area (Å²) in [4.78, 5) is 10.4. The van der Waals surface area contributed by atoms with Gasteiger partial charge in [0.15, 0.2) is 5.75 Å². The number of nitro benzene ring substituents is 1. The Morgan fingerprint density at radius 3 is 2.70 bits per heavy atom. The van der Waals surface area contributed by atoms with Crippen LogP contribution in [0.5, 0.6) is 5.75 Å². The third kappa shape index (κ3) is 3.33. The third-order valence-corrected chi connectivity index (χ3v) is 3.30. The summed E-state index contributed by atoms with van der Waals surface area (Å²) in [6.07, 6.45) is 0. The van der Waals surface area contributed by atoms with Crippen molar-refractivity contribution in [3.63, 3.8) is 0 Å². The van der Waals surface area contributed by atoms with Crippen molar-refractivity contribution in [2.75, 3.05) is 0 Å². The molecule has 0 fully saturated rings. The van der Waals surface area contributed by atoms with Crippen molar-refractivity contribution >= 4 is 21.6 Å². The molecule has 0 aliphatic heterocycles. The van der Waals surface area contributed by atoms with E-state index in [1.807, 2.05) is 6.92 Å². The van der Waals surface area contributed by atoms with Crippen LogP contribution in [0.4, 0.5) is 10.1 Å².